The first-order chi connectivity index (χ1) is 7.27. The van der Waals surface area contributed by atoms with Crippen LogP contribution < -0.4 is 5.43 Å². The standard InChI is InChI=1S/C11H14N4/c1-9-11(13-6-5-12-9)10(2)14-15-7-3-4-8-15/h3-8,10,14H,1-2H3. The minimum atomic E-state index is 0.145. The van der Waals surface area contributed by atoms with Crippen molar-refractivity contribution in [1.29, 1.82) is 0 Å². The lowest BCUT2D eigenvalue weighted by atomic mass is 10.2. The van der Waals surface area contributed by atoms with Gasteiger partial charge in [0, 0.05) is 24.8 Å². The van der Waals surface area contributed by atoms with E-state index < -0.39 is 0 Å². The molecule has 2 aromatic rings. The van der Waals surface area contributed by atoms with E-state index in [9.17, 15) is 0 Å². The Morgan fingerprint density at radius 2 is 1.87 bits per heavy atom. The van der Waals surface area contributed by atoms with Crippen molar-refractivity contribution in [3.05, 3.63) is 48.3 Å². The normalized spacial score (nSPS) is 12.4. The SMILES string of the molecule is Cc1nccnc1C(C)Nn1cccc1. The predicted molar refractivity (Wildman–Crippen MR) is 59.0 cm³/mol. The number of nitrogens with zero attached hydrogens (tertiary/aromatic N) is 3. The fourth-order valence-electron chi connectivity index (χ4n) is 1.55. The zero-order chi connectivity index (χ0) is 10.7. The molecule has 1 unspecified atom stereocenters. The van der Waals surface area contributed by atoms with Gasteiger partial charge in [0.1, 0.15) is 0 Å². The van der Waals surface area contributed by atoms with Crippen molar-refractivity contribution in [2.45, 2.75) is 19.9 Å². The number of aromatic nitrogens is 3. The van der Waals surface area contributed by atoms with E-state index in [1.54, 1.807) is 12.4 Å². The summed E-state index contributed by atoms with van der Waals surface area (Å²) < 4.78 is 1.92. The van der Waals surface area contributed by atoms with Gasteiger partial charge < -0.3 is 5.43 Å². The molecule has 2 rings (SSSR count). The topological polar surface area (TPSA) is 42.7 Å². The molecule has 0 saturated heterocycles. The van der Waals surface area contributed by atoms with Gasteiger partial charge in [-0.05, 0) is 26.0 Å². The van der Waals surface area contributed by atoms with Gasteiger partial charge in [-0.25, -0.2) is 0 Å². The minimum absolute atomic E-state index is 0.145. The first-order valence-corrected chi connectivity index (χ1v) is 4.94. The van der Waals surface area contributed by atoms with Gasteiger partial charge >= 0.3 is 0 Å². The summed E-state index contributed by atoms with van der Waals surface area (Å²) in [6.07, 6.45) is 7.35. The highest BCUT2D eigenvalue weighted by Crippen LogP contribution is 2.12. The van der Waals surface area contributed by atoms with E-state index in [0.717, 1.165) is 11.4 Å². The quantitative estimate of drug-likeness (QED) is 0.826. The van der Waals surface area contributed by atoms with Crippen molar-refractivity contribution in [2.24, 2.45) is 0 Å². The molecule has 4 nitrogen and oxygen atoms in total. The van der Waals surface area contributed by atoms with Gasteiger partial charge in [-0.2, -0.15) is 0 Å². The van der Waals surface area contributed by atoms with Crippen LogP contribution >= 0.6 is 0 Å². The van der Waals surface area contributed by atoms with Gasteiger partial charge in [0.05, 0.1) is 17.4 Å². The molecular weight excluding hydrogens is 188 g/mol. The summed E-state index contributed by atoms with van der Waals surface area (Å²) in [6.45, 7) is 4.03. The van der Waals surface area contributed by atoms with Crippen LogP contribution in [-0.2, 0) is 0 Å². The lowest BCUT2D eigenvalue weighted by Gasteiger charge is -2.16. The van der Waals surface area contributed by atoms with Gasteiger partial charge in [-0.1, -0.05) is 0 Å². The maximum absolute atomic E-state index is 4.32. The van der Waals surface area contributed by atoms with Crippen molar-refractivity contribution in [2.75, 3.05) is 5.43 Å². The fraction of sp³-hybridized carbons (Fsp3) is 0.273. The lowest BCUT2D eigenvalue weighted by molar-refractivity contribution is 0.697. The molecule has 0 aliphatic rings. The fourth-order valence-corrected chi connectivity index (χ4v) is 1.55. The molecule has 2 aromatic heterocycles. The molecule has 0 saturated carbocycles. The Balaban J connectivity index is 2.15. The molecule has 0 aromatic carbocycles. The van der Waals surface area contributed by atoms with E-state index >= 15 is 0 Å². The smallest absolute Gasteiger partial charge is 0.0851 e. The van der Waals surface area contributed by atoms with Crippen LogP contribution in [0, 0.1) is 6.92 Å². The molecule has 15 heavy (non-hydrogen) atoms. The molecule has 0 radical (unpaired) electrons. The Bertz CT molecular complexity index is 422. The summed E-state index contributed by atoms with van der Waals surface area (Å²) in [6, 6.07) is 4.10. The van der Waals surface area contributed by atoms with E-state index in [1.165, 1.54) is 0 Å². The zero-order valence-corrected chi connectivity index (χ0v) is 8.88. The Kier molecular flexibility index (Phi) is 2.67. The molecule has 1 N–H and O–H groups in total. The second-order valence-corrected chi connectivity index (χ2v) is 3.47. The summed E-state index contributed by atoms with van der Waals surface area (Å²) in [4.78, 5) is 8.54. The highest BCUT2D eigenvalue weighted by Gasteiger charge is 2.09. The van der Waals surface area contributed by atoms with Crippen LogP contribution in [0.2, 0.25) is 0 Å². The molecule has 0 amide bonds. The van der Waals surface area contributed by atoms with Gasteiger partial charge in [-0.15, -0.1) is 0 Å². The van der Waals surface area contributed by atoms with E-state index in [4.69, 9.17) is 0 Å². The summed E-state index contributed by atoms with van der Waals surface area (Å²) >= 11 is 0. The van der Waals surface area contributed by atoms with Gasteiger partial charge in [0.25, 0.3) is 0 Å². The molecule has 0 aliphatic heterocycles. The van der Waals surface area contributed by atoms with Gasteiger partial charge in [-0.3, -0.25) is 14.6 Å². The Morgan fingerprint density at radius 3 is 2.53 bits per heavy atom. The molecule has 1 atom stereocenters. The Labute approximate surface area is 89.0 Å². The Hall–Kier alpha value is -1.84. The predicted octanol–water partition coefficient (Wildman–Crippen LogP) is 1.89. The second-order valence-electron chi connectivity index (χ2n) is 3.47. The van der Waals surface area contributed by atoms with Gasteiger partial charge in [0.15, 0.2) is 0 Å². The highest BCUT2D eigenvalue weighted by molar-refractivity contribution is 5.15. The van der Waals surface area contributed by atoms with Crippen LogP contribution in [0.1, 0.15) is 24.4 Å². The Morgan fingerprint density at radius 1 is 1.20 bits per heavy atom. The van der Waals surface area contributed by atoms with Crippen LogP contribution in [-0.4, -0.2) is 14.6 Å². The zero-order valence-electron chi connectivity index (χ0n) is 8.88. The van der Waals surface area contributed by atoms with Crippen LogP contribution in [0.15, 0.2) is 36.9 Å². The van der Waals surface area contributed by atoms with Crippen molar-refractivity contribution in [3.8, 4) is 0 Å². The van der Waals surface area contributed by atoms with Crippen LogP contribution in [0.25, 0.3) is 0 Å². The largest absolute Gasteiger partial charge is 0.318 e. The number of aryl methyl sites for hydroxylation is 1. The molecular formula is C11H14N4. The van der Waals surface area contributed by atoms with Crippen molar-refractivity contribution in [3.63, 3.8) is 0 Å². The second kappa shape index (κ2) is 4.13. The summed E-state index contributed by atoms with van der Waals surface area (Å²) in [5.74, 6) is 0. The van der Waals surface area contributed by atoms with Crippen molar-refractivity contribution < 1.29 is 0 Å². The van der Waals surface area contributed by atoms with E-state index in [0.29, 0.717) is 0 Å². The third kappa shape index (κ3) is 2.15. The van der Waals surface area contributed by atoms with Gasteiger partial charge in [0.2, 0.25) is 0 Å². The molecule has 4 heteroatoms. The number of hydrogen-bond donors (Lipinski definition) is 1. The molecule has 78 valence electrons. The number of nitrogens with one attached hydrogen (secondary N) is 1. The molecule has 2 heterocycles. The van der Waals surface area contributed by atoms with Crippen LogP contribution in [0.4, 0.5) is 0 Å². The average Bonchev–Trinajstić information content (AvgIpc) is 2.71. The van der Waals surface area contributed by atoms with E-state index in [1.807, 2.05) is 36.1 Å². The third-order valence-electron chi connectivity index (χ3n) is 2.28. The van der Waals surface area contributed by atoms with E-state index in [2.05, 4.69) is 22.3 Å². The molecule has 0 fully saturated rings. The summed E-state index contributed by atoms with van der Waals surface area (Å²) in [5, 5.41) is 0. The third-order valence-corrected chi connectivity index (χ3v) is 2.28. The van der Waals surface area contributed by atoms with Crippen LogP contribution in [0.3, 0.4) is 0 Å². The first-order valence-electron chi connectivity index (χ1n) is 4.94. The average molecular weight is 202 g/mol. The summed E-state index contributed by atoms with van der Waals surface area (Å²) in [5.41, 5.74) is 5.23. The minimum Gasteiger partial charge on any atom is -0.318 e. The van der Waals surface area contributed by atoms with E-state index in [-0.39, 0.29) is 6.04 Å². The van der Waals surface area contributed by atoms with Crippen molar-refractivity contribution >= 4 is 0 Å². The first kappa shape index (κ1) is 9.71. The highest BCUT2D eigenvalue weighted by atomic mass is 15.4. The lowest BCUT2D eigenvalue weighted by Crippen LogP contribution is -2.19. The van der Waals surface area contributed by atoms with Crippen molar-refractivity contribution in [1.82, 2.24) is 14.6 Å². The maximum atomic E-state index is 4.32. The molecule has 0 bridgehead atoms. The monoisotopic (exact) mass is 202 g/mol. The molecule has 0 aliphatic carbocycles. The summed E-state index contributed by atoms with van der Waals surface area (Å²) in [7, 11) is 0. The number of hydrogen-bond acceptors (Lipinski definition) is 3. The maximum Gasteiger partial charge on any atom is 0.0851 e. The van der Waals surface area contributed by atoms with Crippen LogP contribution in [0.5, 0.6) is 0 Å². The number of rotatable bonds is 3. The molecule has 0 spiro atoms.